The van der Waals surface area contributed by atoms with Crippen LogP contribution >= 0.6 is 0 Å². The van der Waals surface area contributed by atoms with Gasteiger partial charge in [0.2, 0.25) is 0 Å². The van der Waals surface area contributed by atoms with E-state index in [9.17, 15) is 13.2 Å². The van der Waals surface area contributed by atoms with Gasteiger partial charge in [-0.2, -0.15) is 0 Å². The minimum atomic E-state index is -3.61. The molecule has 128 valence electrons. The molecule has 0 unspecified atom stereocenters. The quantitative estimate of drug-likeness (QED) is 0.784. The molecule has 1 N–H and O–H groups in total. The highest BCUT2D eigenvalue weighted by atomic mass is 32.2. The van der Waals surface area contributed by atoms with Crippen LogP contribution in [-0.4, -0.2) is 27.9 Å². The molecule has 0 saturated heterocycles. The van der Waals surface area contributed by atoms with E-state index < -0.39 is 10.0 Å². The van der Waals surface area contributed by atoms with Crippen molar-refractivity contribution in [3.63, 3.8) is 0 Å². The van der Waals surface area contributed by atoms with E-state index in [-0.39, 0.29) is 10.8 Å². The molecule has 0 fully saturated rings. The van der Waals surface area contributed by atoms with Gasteiger partial charge in [-0.15, -0.1) is 0 Å². The Kier molecular flexibility index (Phi) is 5.98. The molecule has 0 heterocycles. The van der Waals surface area contributed by atoms with Gasteiger partial charge < -0.3 is 5.32 Å². The lowest BCUT2D eigenvalue weighted by Gasteiger charge is -2.19. The molecule has 0 radical (unpaired) electrons. The summed E-state index contributed by atoms with van der Waals surface area (Å²) in [6.45, 7) is 2.70. The summed E-state index contributed by atoms with van der Waals surface area (Å²) in [7, 11) is -2.11. The van der Waals surface area contributed by atoms with Crippen LogP contribution in [0.25, 0.3) is 0 Å². The number of carbonyl (C=O) groups is 1. The van der Waals surface area contributed by atoms with Gasteiger partial charge in [0.1, 0.15) is 0 Å². The van der Waals surface area contributed by atoms with Crippen LogP contribution in [0.4, 0.5) is 5.69 Å². The van der Waals surface area contributed by atoms with E-state index >= 15 is 0 Å². The number of nitrogens with one attached hydrogen (secondary N) is 1. The Bertz CT molecular complexity index is 772. The van der Waals surface area contributed by atoms with E-state index in [1.807, 2.05) is 0 Å². The molecule has 2 rings (SSSR count). The van der Waals surface area contributed by atoms with Crippen molar-refractivity contribution in [2.45, 2.75) is 24.7 Å². The number of hydrogen-bond donors (Lipinski definition) is 1. The number of benzene rings is 2. The monoisotopic (exact) mass is 346 g/mol. The van der Waals surface area contributed by atoms with Crippen LogP contribution in [0.1, 0.15) is 30.1 Å². The van der Waals surface area contributed by atoms with Crippen LogP contribution in [-0.2, 0) is 10.0 Å². The second-order valence-electron chi connectivity index (χ2n) is 5.44. The number of sulfonamides is 1. The predicted octanol–water partition coefficient (Wildman–Crippen LogP) is 3.04. The topological polar surface area (TPSA) is 66.5 Å². The van der Waals surface area contributed by atoms with E-state index in [0.717, 1.165) is 12.8 Å². The number of nitrogens with zero attached hydrogens (tertiary/aromatic N) is 1. The summed E-state index contributed by atoms with van der Waals surface area (Å²) in [6.07, 6.45) is 1.95. The number of amides is 1. The molecule has 0 spiro atoms. The number of anilines is 1. The Morgan fingerprint density at radius 2 is 1.67 bits per heavy atom. The molecule has 2 aromatic rings. The Morgan fingerprint density at radius 1 is 1.04 bits per heavy atom. The maximum atomic E-state index is 12.6. The first-order valence-corrected chi connectivity index (χ1v) is 9.33. The van der Waals surface area contributed by atoms with E-state index in [1.54, 1.807) is 54.6 Å². The lowest BCUT2D eigenvalue weighted by atomic mass is 10.2. The minimum absolute atomic E-state index is 0.149. The van der Waals surface area contributed by atoms with Crippen molar-refractivity contribution >= 4 is 21.6 Å². The Morgan fingerprint density at radius 3 is 2.25 bits per heavy atom. The van der Waals surface area contributed by atoms with Crippen molar-refractivity contribution in [2.75, 3.05) is 17.9 Å². The number of hydrogen-bond acceptors (Lipinski definition) is 3. The third-order valence-electron chi connectivity index (χ3n) is 3.71. The number of unbranched alkanes of at least 4 members (excludes halogenated alkanes) is 1. The van der Waals surface area contributed by atoms with Gasteiger partial charge in [0.05, 0.1) is 10.6 Å². The number of carbonyl (C=O) groups excluding carboxylic acids is 1. The van der Waals surface area contributed by atoms with Crippen LogP contribution < -0.4 is 9.62 Å². The van der Waals surface area contributed by atoms with Crippen molar-refractivity contribution in [1.29, 1.82) is 0 Å². The van der Waals surface area contributed by atoms with Gasteiger partial charge in [0.15, 0.2) is 0 Å². The Labute approximate surface area is 143 Å². The molecule has 0 aliphatic heterocycles. The summed E-state index contributed by atoms with van der Waals surface area (Å²) in [4.78, 5) is 12.2. The van der Waals surface area contributed by atoms with Gasteiger partial charge in [-0.1, -0.05) is 31.5 Å². The van der Waals surface area contributed by atoms with Gasteiger partial charge >= 0.3 is 0 Å². The molecule has 5 nitrogen and oxygen atoms in total. The van der Waals surface area contributed by atoms with Gasteiger partial charge in [-0.25, -0.2) is 8.42 Å². The molecule has 0 atom stereocenters. The highest BCUT2D eigenvalue weighted by Gasteiger charge is 2.21. The van der Waals surface area contributed by atoms with Gasteiger partial charge in [-0.3, -0.25) is 9.10 Å². The van der Waals surface area contributed by atoms with Gasteiger partial charge in [0, 0.05) is 19.2 Å². The summed E-state index contributed by atoms with van der Waals surface area (Å²) >= 11 is 0. The lowest BCUT2D eigenvalue weighted by molar-refractivity contribution is 0.0953. The summed E-state index contributed by atoms with van der Waals surface area (Å²) < 4.78 is 26.4. The van der Waals surface area contributed by atoms with Crippen LogP contribution in [0.3, 0.4) is 0 Å². The number of rotatable bonds is 7. The van der Waals surface area contributed by atoms with E-state index in [4.69, 9.17) is 0 Å². The van der Waals surface area contributed by atoms with Crippen LogP contribution in [0.15, 0.2) is 59.5 Å². The summed E-state index contributed by atoms with van der Waals surface area (Å²) in [6, 6.07) is 14.8. The molecule has 6 heteroatoms. The fourth-order valence-electron chi connectivity index (χ4n) is 2.19. The molecule has 0 aromatic heterocycles. The first-order valence-electron chi connectivity index (χ1n) is 7.89. The minimum Gasteiger partial charge on any atom is -0.352 e. The summed E-state index contributed by atoms with van der Waals surface area (Å²) in [5.74, 6) is -0.149. The molecule has 2 aromatic carbocycles. The molecule has 0 aliphatic carbocycles. The third kappa shape index (κ3) is 4.14. The van der Waals surface area contributed by atoms with Crippen molar-refractivity contribution in [3.05, 3.63) is 60.2 Å². The smallest absolute Gasteiger partial charge is 0.264 e. The second-order valence-corrected chi connectivity index (χ2v) is 7.41. The average molecular weight is 346 g/mol. The standard InChI is InChI=1S/C18H22N2O3S/c1-3-4-14-19-18(21)15-10-12-16(13-11-15)20(2)24(22,23)17-8-6-5-7-9-17/h5-13H,3-4,14H2,1-2H3,(H,19,21). The molecular formula is C18H22N2O3S. The molecule has 0 aliphatic rings. The largest absolute Gasteiger partial charge is 0.352 e. The summed E-state index contributed by atoms with van der Waals surface area (Å²) in [5.41, 5.74) is 1.02. The highest BCUT2D eigenvalue weighted by Crippen LogP contribution is 2.22. The molecule has 24 heavy (non-hydrogen) atoms. The van der Waals surface area contributed by atoms with Crippen LogP contribution in [0.2, 0.25) is 0 Å². The maximum Gasteiger partial charge on any atom is 0.264 e. The van der Waals surface area contributed by atoms with E-state index in [0.29, 0.717) is 17.8 Å². The first-order chi connectivity index (χ1) is 11.5. The molecular weight excluding hydrogens is 324 g/mol. The highest BCUT2D eigenvalue weighted by molar-refractivity contribution is 7.92. The van der Waals surface area contributed by atoms with Crippen molar-refractivity contribution in [1.82, 2.24) is 5.32 Å². The normalized spacial score (nSPS) is 11.1. The fourth-order valence-corrected chi connectivity index (χ4v) is 3.41. The zero-order chi connectivity index (χ0) is 17.6. The lowest BCUT2D eigenvalue weighted by Crippen LogP contribution is -2.27. The zero-order valence-electron chi connectivity index (χ0n) is 13.9. The predicted molar refractivity (Wildman–Crippen MR) is 95.7 cm³/mol. The average Bonchev–Trinajstić information content (AvgIpc) is 2.62. The fraction of sp³-hybridized carbons (Fsp3) is 0.278. The second kappa shape index (κ2) is 7.97. The van der Waals surface area contributed by atoms with Crippen molar-refractivity contribution in [3.8, 4) is 0 Å². The van der Waals surface area contributed by atoms with Crippen molar-refractivity contribution < 1.29 is 13.2 Å². The molecule has 0 saturated carbocycles. The maximum absolute atomic E-state index is 12.6. The Hall–Kier alpha value is -2.34. The van der Waals surface area contributed by atoms with Gasteiger partial charge in [-0.05, 0) is 42.8 Å². The van der Waals surface area contributed by atoms with E-state index in [1.165, 1.54) is 11.4 Å². The van der Waals surface area contributed by atoms with Gasteiger partial charge in [0.25, 0.3) is 15.9 Å². The Balaban J connectivity index is 2.14. The zero-order valence-corrected chi connectivity index (χ0v) is 14.7. The third-order valence-corrected chi connectivity index (χ3v) is 5.51. The summed E-state index contributed by atoms with van der Waals surface area (Å²) in [5, 5.41) is 2.83. The molecule has 1 amide bonds. The molecule has 0 bridgehead atoms. The van der Waals surface area contributed by atoms with Crippen LogP contribution in [0.5, 0.6) is 0 Å². The first kappa shape index (κ1) is 18.0. The van der Waals surface area contributed by atoms with Crippen molar-refractivity contribution in [2.24, 2.45) is 0 Å². The SMILES string of the molecule is CCCCNC(=O)c1ccc(N(C)S(=O)(=O)c2ccccc2)cc1. The van der Waals surface area contributed by atoms with Crippen LogP contribution in [0, 0.1) is 0 Å². The van der Waals surface area contributed by atoms with E-state index in [2.05, 4.69) is 12.2 Å².